The molecule has 2 rings (SSSR count). The Morgan fingerprint density at radius 2 is 1.26 bits per heavy atom. The van der Waals surface area contributed by atoms with Crippen LogP contribution in [0.25, 0.3) is 0 Å². The fourth-order valence-corrected chi connectivity index (χ4v) is 3.07. The normalized spacial score (nSPS) is 11.7. The van der Waals surface area contributed by atoms with E-state index in [4.69, 9.17) is 0 Å². The lowest BCUT2D eigenvalue weighted by Gasteiger charge is -2.27. The molecule has 0 unspecified atom stereocenters. The Kier molecular flexibility index (Phi) is 5.00. The molecule has 0 N–H and O–H groups in total. The molecule has 0 atom stereocenters. The summed E-state index contributed by atoms with van der Waals surface area (Å²) in [6.45, 7) is 13.0. The van der Waals surface area contributed by atoms with Gasteiger partial charge in [-0.05, 0) is 50.8 Å². The number of hydrogen-bond acceptors (Lipinski definition) is 0. The van der Waals surface area contributed by atoms with Crippen molar-refractivity contribution in [1.29, 1.82) is 0 Å². The Morgan fingerprint density at radius 1 is 0.783 bits per heavy atom. The van der Waals surface area contributed by atoms with Crippen molar-refractivity contribution < 1.29 is 0 Å². The molecular formula is C23H28. The minimum absolute atomic E-state index is 0.0188. The second-order valence-corrected chi connectivity index (χ2v) is 7.62. The summed E-state index contributed by atoms with van der Waals surface area (Å²) in [6, 6.07) is 17.9. The van der Waals surface area contributed by atoms with Crippen LogP contribution < -0.4 is 0 Å². The first-order valence-corrected chi connectivity index (χ1v) is 8.35. The lowest BCUT2D eigenvalue weighted by Crippen LogP contribution is -2.19. The monoisotopic (exact) mass is 304 g/mol. The van der Waals surface area contributed by atoms with Crippen LogP contribution in [0.4, 0.5) is 0 Å². The third-order valence-electron chi connectivity index (χ3n) is 4.56. The van der Waals surface area contributed by atoms with Crippen molar-refractivity contribution in [2.75, 3.05) is 0 Å². The molecule has 120 valence electrons. The highest BCUT2D eigenvalue weighted by Gasteiger charge is 2.23. The molecule has 23 heavy (non-hydrogen) atoms. The van der Waals surface area contributed by atoms with E-state index < -0.39 is 0 Å². The Morgan fingerprint density at radius 3 is 1.74 bits per heavy atom. The van der Waals surface area contributed by atoms with Crippen LogP contribution in [0.3, 0.4) is 0 Å². The maximum Gasteiger partial charge on any atom is 0.0298 e. The van der Waals surface area contributed by atoms with Crippen molar-refractivity contribution in [2.24, 2.45) is 5.41 Å². The van der Waals surface area contributed by atoms with Crippen LogP contribution in [-0.4, -0.2) is 0 Å². The van der Waals surface area contributed by atoms with E-state index in [1.807, 2.05) is 6.92 Å². The standard InChI is InChI=1S/C23H28/c1-7-16-22(3,4)17-19-10-14-21(15-11-19)23(5,6)20-12-8-18(2)9-13-20/h8-15H,17H2,1-6H3. The Bertz CT molecular complexity index is 701. The van der Waals surface area contributed by atoms with E-state index in [-0.39, 0.29) is 10.8 Å². The number of aryl methyl sites for hydroxylation is 1. The quantitative estimate of drug-likeness (QED) is 0.616. The Balaban J connectivity index is 2.24. The second kappa shape index (κ2) is 6.63. The summed E-state index contributed by atoms with van der Waals surface area (Å²) in [7, 11) is 0. The van der Waals surface area contributed by atoms with E-state index in [1.165, 1.54) is 22.3 Å². The Hall–Kier alpha value is -2.00. The highest BCUT2D eigenvalue weighted by molar-refractivity contribution is 5.39. The van der Waals surface area contributed by atoms with Gasteiger partial charge < -0.3 is 0 Å². The molecule has 0 aliphatic carbocycles. The first-order valence-electron chi connectivity index (χ1n) is 8.35. The zero-order valence-corrected chi connectivity index (χ0v) is 15.3. The van der Waals surface area contributed by atoms with Gasteiger partial charge in [-0.3, -0.25) is 0 Å². The predicted octanol–water partition coefficient (Wildman–Crippen LogP) is 5.91. The van der Waals surface area contributed by atoms with Crippen molar-refractivity contribution in [2.45, 2.75) is 53.4 Å². The smallest absolute Gasteiger partial charge is 0.0298 e. The molecule has 0 nitrogen and oxygen atoms in total. The largest absolute Gasteiger partial charge is 0.106 e. The van der Waals surface area contributed by atoms with E-state index in [9.17, 15) is 0 Å². The molecule has 0 aromatic heterocycles. The van der Waals surface area contributed by atoms with E-state index in [0.29, 0.717) is 0 Å². The predicted molar refractivity (Wildman–Crippen MR) is 101 cm³/mol. The second-order valence-electron chi connectivity index (χ2n) is 7.62. The van der Waals surface area contributed by atoms with Crippen molar-refractivity contribution >= 4 is 0 Å². The van der Waals surface area contributed by atoms with Gasteiger partial charge in [-0.1, -0.05) is 73.9 Å². The van der Waals surface area contributed by atoms with Crippen molar-refractivity contribution in [3.05, 3.63) is 70.8 Å². The third-order valence-corrected chi connectivity index (χ3v) is 4.56. The SMILES string of the molecule is CC#CC(C)(C)Cc1ccc(C(C)(C)c2ccc(C)cc2)cc1. The Labute approximate surface area is 142 Å². The fraction of sp³-hybridized carbons (Fsp3) is 0.391. The van der Waals surface area contributed by atoms with Gasteiger partial charge >= 0.3 is 0 Å². The van der Waals surface area contributed by atoms with Gasteiger partial charge in [-0.15, -0.1) is 5.92 Å². The molecule has 0 radical (unpaired) electrons. The van der Waals surface area contributed by atoms with Gasteiger partial charge in [-0.2, -0.15) is 0 Å². The fourth-order valence-electron chi connectivity index (χ4n) is 3.07. The maximum atomic E-state index is 3.30. The number of rotatable bonds is 4. The molecule has 0 aliphatic rings. The highest BCUT2D eigenvalue weighted by Crippen LogP contribution is 2.32. The third kappa shape index (κ3) is 4.26. The molecule has 0 bridgehead atoms. The molecular weight excluding hydrogens is 276 g/mol. The first kappa shape index (κ1) is 17.4. The van der Waals surface area contributed by atoms with Crippen LogP contribution in [0.5, 0.6) is 0 Å². The lowest BCUT2D eigenvalue weighted by atomic mass is 9.77. The van der Waals surface area contributed by atoms with Gasteiger partial charge in [0.15, 0.2) is 0 Å². The summed E-state index contributed by atoms with van der Waals surface area (Å²) in [4.78, 5) is 0. The van der Waals surface area contributed by atoms with Crippen LogP contribution in [0.2, 0.25) is 0 Å². The molecule has 0 aliphatic heterocycles. The maximum absolute atomic E-state index is 3.30. The molecule has 0 fully saturated rings. The van der Waals surface area contributed by atoms with Crippen LogP contribution >= 0.6 is 0 Å². The molecule has 0 saturated heterocycles. The van der Waals surface area contributed by atoms with Crippen molar-refractivity contribution in [1.82, 2.24) is 0 Å². The summed E-state index contributed by atoms with van der Waals surface area (Å²) >= 11 is 0. The van der Waals surface area contributed by atoms with Gasteiger partial charge in [0.2, 0.25) is 0 Å². The average Bonchev–Trinajstić information content (AvgIpc) is 2.47. The van der Waals surface area contributed by atoms with Gasteiger partial charge in [0.05, 0.1) is 0 Å². The number of benzene rings is 2. The van der Waals surface area contributed by atoms with E-state index in [2.05, 4.69) is 95.0 Å². The summed E-state index contributed by atoms with van der Waals surface area (Å²) in [5.74, 6) is 6.34. The van der Waals surface area contributed by atoms with Crippen LogP contribution in [0, 0.1) is 24.2 Å². The van der Waals surface area contributed by atoms with Crippen molar-refractivity contribution in [3.63, 3.8) is 0 Å². The zero-order chi connectivity index (χ0) is 17.1. The van der Waals surface area contributed by atoms with Crippen LogP contribution in [-0.2, 0) is 11.8 Å². The van der Waals surface area contributed by atoms with Crippen molar-refractivity contribution in [3.8, 4) is 11.8 Å². The average molecular weight is 304 g/mol. The molecule has 0 heteroatoms. The summed E-state index contributed by atoms with van der Waals surface area (Å²) in [6.07, 6.45) is 0.985. The van der Waals surface area contributed by atoms with Gasteiger partial charge in [0.1, 0.15) is 0 Å². The van der Waals surface area contributed by atoms with E-state index >= 15 is 0 Å². The molecule has 2 aromatic carbocycles. The summed E-state index contributed by atoms with van der Waals surface area (Å²) < 4.78 is 0. The molecule has 0 amide bonds. The molecule has 0 spiro atoms. The molecule has 0 heterocycles. The van der Waals surface area contributed by atoms with Gasteiger partial charge in [0.25, 0.3) is 0 Å². The zero-order valence-electron chi connectivity index (χ0n) is 15.3. The molecule has 2 aromatic rings. The van der Waals surface area contributed by atoms with E-state index in [1.54, 1.807) is 0 Å². The number of hydrogen-bond donors (Lipinski definition) is 0. The topological polar surface area (TPSA) is 0 Å². The van der Waals surface area contributed by atoms with Gasteiger partial charge in [-0.25, -0.2) is 0 Å². The highest BCUT2D eigenvalue weighted by atomic mass is 14.3. The summed E-state index contributed by atoms with van der Waals surface area (Å²) in [5, 5.41) is 0. The minimum Gasteiger partial charge on any atom is -0.106 e. The van der Waals surface area contributed by atoms with Crippen LogP contribution in [0.15, 0.2) is 48.5 Å². The lowest BCUT2D eigenvalue weighted by molar-refractivity contribution is 0.500. The first-order chi connectivity index (χ1) is 10.7. The van der Waals surface area contributed by atoms with Gasteiger partial charge in [0, 0.05) is 10.8 Å². The summed E-state index contributed by atoms with van der Waals surface area (Å²) in [5.41, 5.74) is 5.41. The van der Waals surface area contributed by atoms with Crippen LogP contribution in [0.1, 0.15) is 56.9 Å². The molecule has 0 saturated carbocycles. The minimum atomic E-state index is 0.0188. The van der Waals surface area contributed by atoms with E-state index in [0.717, 1.165) is 6.42 Å².